The highest BCUT2D eigenvalue weighted by Gasteiger charge is 2.11. The zero-order valence-electron chi connectivity index (χ0n) is 14.2. The molecule has 0 spiro atoms. The van der Waals surface area contributed by atoms with Crippen molar-refractivity contribution in [3.8, 4) is 17.0 Å². The van der Waals surface area contributed by atoms with E-state index in [1.165, 1.54) is 0 Å². The fourth-order valence-electron chi connectivity index (χ4n) is 2.51. The standard InChI is InChI=1S/C20H18IN3O2/c1-2-17-20(24-19(26)11-13-3-7-15(21)8-4-13)22-12-18(23-17)14-5-9-16(25)10-6-14/h3-10,12,25H,2,11H2,1H3,(H,22,24,26). The summed E-state index contributed by atoms with van der Waals surface area (Å²) in [7, 11) is 0. The van der Waals surface area contributed by atoms with Crippen molar-refractivity contribution < 1.29 is 9.90 Å². The van der Waals surface area contributed by atoms with Gasteiger partial charge in [-0.15, -0.1) is 0 Å². The molecule has 0 bridgehead atoms. The minimum atomic E-state index is -0.118. The van der Waals surface area contributed by atoms with E-state index in [1.807, 2.05) is 31.2 Å². The maximum Gasteiger partial charge on any atom is 0.229 e. The second-order valence-corrected chi connectivity index (χ2v) is 7.05. The Balaban J connectivity index is 1.76. The Morgan fingerprint density at radius 3 is 2.46 bits per heavy atom. The smallest absolute Gasteiger partial charge is 0.229 e. The van der Waals surface area contributed by atoms with Crippen molar-refractivity contribution in [2.24, 2.45) is 0 Å². The molecular formula is C20H18IN3O2. The van der Waals surface area contributed by atoms with Gasteiger partial charge in [-0.2, -0.15) is 0 Å². The van der Waals surface area contributed by atoms with Crippen LogP contribution in [0.1, 0.15) is 18.2 Å². The van der Waals surface area contributed by atoms with E-state index in [2.05, 4.69) is 37.9 Å². The number of nitrogens with one attached hydrogen (secondary N) is 1. The average Bonchev–Trinajstić information content (AvgIpc) is 2.64. The minimum Gasteiger partial charge on any atom is -0.508 e. The molecule has 0 atom stereocenters. The first-order chi connectivity index (χ1) is 12.5. The Kier molecular flexibility index (Phi) is 5.82. The van der Waals surface area contributed by atoms with Gasteiger partial charge in [0, 0.05) is 9.13 Å². The van der Waals surface area contributed by atoms with Crippen LogP contribution in [-0.4, -0.2) is 21.0 Å². The van der Waals surface area contributed by atoms with Gasteiger partial charge in [-0.1, -0.05) is 19.1 Å². The zero-order chi connectivity index (χ0) is 18.5. The first-order valence-corrected chi connectivity index (χ1v) is 9.32. The number of aromatic nitrogens is 2. The fraction of sp³-hybridized carbons (Fsp3) is 0.150. The average molecular weight is 459 g/mol. The number of amides is 1. The number of carbonyl (C=O) groups excluding carboxylic acids is 1. The van der Waals surface area contributed by atoms with Crippen molar-refractivity contribution in [2.75, 3.05) is 5.32 Å². The van der Waals surface area contributed by atoms with Crippen LogP contribution in [0.15, 0.2) is 54.7 Å². The van der Waals surface area contributed by atoms with Gasteiger partial charge < -0.3 is 10.4 Å². The summed E-state index contributed by atoms with van der Waals surface area (Å²) in [5, 5.41) is 12.3. The molecule has 0 aliphatic heterocycles. The molecule has 3 aromatic rings. The molecule has 5 nitrogen and oxygen atoms in total. The van der Waals surface area contributed by atoms with Crippen molar-refractivity contribution in [2.45, 2.75) is 19.8 Å². The van der Waals surface area contributed by atoms with Gasteiger partial charge in [0.1, 0.15) is 5.75 Å². The molecule has 0 saturated heterocycles. The summed E-state index contributed by atoms with van der Waals surface area (Å²) >= 11 is 2.23. The van der Waals surface area contributed by atoms with Crippen LogP contribution in [0.25, 0.3) is 11.3 Å². The Hall–Kier alpha value is -2.48. The van der Waals surface area contributed by atoms with Crippen LogP contribution in [0.2, 0.25) is 0 Å². The van der Waals surface area contributed by atoms with Gasteiger partial charge in [0.2, 0.25) is 5.91 Å². The molecule has 26 heavy (non-hydrogen) atoms. The highest BCUT2D eigenvalue weighted by Crippen LogP contribution is 2.22. The first-order valence-electron chi connectivity index (χ1n) is 8.24. The molecule has 1 aromatic heterocycles. The van der Waals surface area contributed by atoms with Crippen LogP contribution in [-0.2, 0) is 17.6 Å². The summed E-state index contributed by atoms with van der Waals surface area (Å²) in [6.45, 7) is 1.97. The van der Waals surface area contributed by atoms with Crippen LogP contribution in [0, 0.1) is 3.57 Å². The molecule has 0 unspecified atom stereocenters. The van der Waals surface area contributed by atoms with Crippen LogP contribution in [0.3, 0.4) is 0 Å². The van der Waals surface area contributed by atoms with Crippen molar-refractivity contribution in [3.63, 3.8) is 0 Å². The predicted molar refractivity (Wildman–Crippen MR) is 110 cm³/mol. The minimum absolute atomic E-state index is 0.118. The molecule has 132 valence electrons. The zero-order valence-corrected chi connectivity index (χ0v) is 16.4. The number of phenolic OH excluding ortho intramolecular Hbond substituents is 1. The molecule has 2 N–H and O–H groups in total. The number of carbonyl (C=O) groups is 1. The Morgan fingerprint density at radius 1 is 1.12 bits per heavy atom. The highest BCUT2D eigenvalue weighted by atomic mass is 127. The van der Waals surface area contributed by atoms with E-state index in [0.29, 0.717) is 24.4 Å². The predicted octanol–water partition coefficient (Wildman–Crippen LogP) is 4.20. The number of phenols is 1. The van der Waals surface area contributed by atoms with Gasteiger partial charge in [0.25, 0.3) is 0 Å². The third-order valence-corrected chi connectivity index (χ3v) is 4.60. The van der Waals surface area contributed by atoms with Crippen LogP contribution in [0.5, 0.6) is 5.75 Å². The van der Waals surface area contributed by atoms with E-state index in [0.717, 1.165) is 20.4 Å². The number of aryl methyl sites for hydroxylation is 1. The second kappa shape index (κ2) is 8.27. The molecule has 1 amide bonds. The van der Waals surface area contributed by atoms with E-state index in [4.69, 9.17) is 0 Å². The number of anilines is 1. The van der Waals surface area contributed by atoms with Crippen LogP contribution < -0.4 is 5.32 Å². The number of hydrogen-bond acceptors (Lipinski definition) is 4. The molecule has 0 fully saturated rings. The number of rotatable bonds is 5. The van der Waals surface area contributed by atoms with Gasteiger partial charge in [-0.25, -0.2) is 9.97 Å². The third kappa shape index (κ3) is 4.57. The summed E-state index contributed by atoms with van der Waals surface area (Å²) in [6, 6.07) is 14.6. The molecule has 1 heterocycles. The molecule has 0 radical (unpaired) electrons. The van der Waals surface area contributed by atoms with Crippen molar-refractivity contribution in [1.82, 2.24) is 9.97 Å². The van der Waals surface area contributed by atoms with E-state index >= 15 is 0 Å². The van der Waals surface area contributed by atoms with Crippen LogP contribution in [0.4, 0.5) is 5.82 Å². The summed E-state index contributed by atoms with van der Waals surface area (Å²) < 4.78 is 1.13. The van der Waals surface area contributed by atoms with Crippen molar-refractivity contribution >= 4 is 34.3 Å². The van der Waals surface area contributed by atoms with E-state index in [-0.39, 0.29) is 11.7 Å². The number of aromatic hydroxyl groups is 1. The summed E-state index contributed by atoms with van der Waals surface area (Å²) in [4.78, 5) is 21.3. The van der Waals surface area contributed by atoms with Gasteiger partial charge in [-0.3, -0.25) is 4.79 Å². The Bertz CT molecular complexity index is 909. The van der Waals surface area contributed by atoms with E-state index in [1.54, 1.807) is 30.5 Å². The molecule has 0 aliphatic carbocycles. The van der Waals surface area contributed by atoms with Crippen molar-refractivity contribution in [1.29, 1.82) is 0 Å². The fourth-order valence-corrected chi connectivity index (χ4v) is 2.87. The lowest BCUT2D eigenvalue weighted by atomic mass is 10.1. The topological polar surface area (TPSA) is 75.1 Å². The summed E-state index contributed by atoms with van der Waals surface area (Å²) in [6.07, 6.45) is 2.57. The largest absolute Gasteiger partial charge is 0.508 e. The Morgan fingerprint density at radius 2 is 1.81 bits per heavy atom. The third-order valence-electron chi connectivity index (χ3n) is 3.88. The Labute approximate surface area is 165 Å². The quantitative estimate of drug-likeness (QED) is 0.561. The normalized spacial score (nSPS) is 10.5. The lowest BCUT2D eigenvalue weighted by Gasteiger charge is -2.10. The monoisotopic (exact) mass is 459 g/mol. The number of halogens is 1. The molecule has 0 saturated carbocycles. The maximum absolute atomic E-state index is 12.3. The lowest BCUT2D eigenvalue weighted by molar-refractivity contribution is -0.115. The van der Waals surface area contributed by atoms with Gasteiger partial charge >= 0.3 is 0 Å². The van der Waals surface area contributed by atoms with Crippen molar-refractivity contribution in [3.05, 3.63) is 69.6 Å². The molecular weight excluding hydrogens is 441 g/mol. The molecule has 6 heteroatoms. The molecule has 0 aliphatic rings. The number of benzene rings is 2. The second-order valence-electron chi connectivity index (χ2n) is 5.80. The van der Waals surface area contributed by atoms with Gasteiger partial charge in [-0.05, 0) is 71.0 Å². The number of hydrogen-bond donors (Lipinski definition) is 2. The summed E-state index contributed by atoms with van der Waals surface area (Å²) in [5.74, 6) is 0.579. The van der Waals surface area contributed by atoms with Crippen LogP contribution >= 0.6 is 22.6 Å². The number of nitrogens with zero attached hydrogens (tertiary/aromatic N) is 2. The summed E-state index contributed by atoms with van der Waals surface area (Å²) in [5.41, 5.74) is 3.25. The lowest BCUT2D eigenvalue weighted by Crippen LogP contribution is -2.17. The van der Waals surface area contributed by atoms with E-state index < -0.39 is 0 Å². The first kappa shape index (κ1) is 18.3. The van der Waals surface area contributed by atoms with Gasteiger partial charge in [0.05, 0.1) is 24.0 Å². The van der Waals surface area contributed by atoms with E-state index in [9.17, 15) is 9.90 Å². The molecule has 3 rings (SSSR count). The molecule has 2 aromatic carbocycles. The highest BCUT2D eigenvalue weighted by molar-refractivity contribution is 14.1. The van der Waals surface area contributed by atoms with Gasteiger partial charge in [0.15, 0.2) is 5.82 Å². The maximum atomic E-state index is 12.3. The SMILES string of the molecule is CCc1nc(-c2ccc(O)cc2)cnc1NC(=O)Cc1ccc(I)cc1.